The van der Waals surface area contributed by atoms with Crippen LogP contribution in [-0.4, -0.2) is 84.7 Å². The van der Waals surface area contributed by atoms with Gasteiger partial charge in [0.25, 0.3) is 0 Å². The monoisotopic (exact) mass is 635 g/mol. The summed E-state index contributed by atoms with van der Waals surface area (Å²) in [5.41, 5.74) is 4.79. The van der Waals surface area contributed by atoms with Gasteiger partial charge in [-0.05, 0) is 98.5 Å². The second-order valence-electron chi connectivity index (χ2n) is 16.5. The summed E-state index contributed by atoms with van der Waals surface area (Å²) in [7, 11) is 0. The fourth-order valence-corrected chi connectivity index (χ4v) is 12.9. The van der Waals surface area contributed by atoms with Crippen molar-refractivity contribution in [3.05, 3.63) is 69.0 Å². The number of likely N-dealkylation sites (N-methyl/N-ethyl adjacent to an activating group) is 1. The molecule has 0 radical (unpaired) electrons. The standard InChI is InChI=1S/C38H41N3O6/c1-2-40-11-9-35-27-19-5-7-23(42)31(27)46-33(35)29-21(15-37(35,44)25(40)13-19)22-16-38(45)26-14-20-6-8-24(43)32-28(20)36(38,34(47-32)30(22)39-29)10-12-41(26)17-18-3-4-18/h5-8,18,25-26,33-34,39,42-45H,2-4,9-17H2,1H3/t25-,26+,33+,34+,35+,36+,37-,38-/m1/s1. The maximum Gasteiger partial charge on any atom is 0.166 e. The number of likely N-dealkylation sites (tertiary alicyclic amines) is 2. The van der Waals surface area contributed by atoms with E-state index in [-0.39, 0.29) is 23.6 Å². The van der Waals surface area contributed by atoms with E-state index in [2.05, 4.69) is 27.8 Å². The Labute approximate surface area is 273 Å². The van der Waals surface area contributed by atoms with Crippen molar-refractivity contribution in [1.82, 2.24) is 14.8 Å². The van der Waals surface area contributed by atoms with Crippen molar-refractivity contribution in [2.75, 3.05) is 26.2 Å². The molecule has 0 unspecified atom stereocenters. The topological polar surface area (TPSA) is 122 Å². The van der Waals surface area contributed by atoms with Gasteiger partial charge in [0, 0.05) is 42.6 Å². The van der Waals surface area contributed by atoms with Gasteiger partial charge in [0.1, 0.15) is 0 Å². The minimum atomic E-state index is -1.11. The minimum Gasteiger partial charge on any atom is -0.504 e. The first-order valence-electron chi connectivity index (χ1n) is 17.9. The van der Waals surface area contributed by atoms with E-state index in [1.54, 1.807) is 12.1 Å². The highest BCUT2D eigenvalue weighted by Crippen LogP contribution is 2.72. The number of hydrogen-bond donors (Lipinski definition) is 5. The lowest BCUT2D eigenvalue weighted by Gasteiger charge is -2.63. The lowest BCUT2D eigenvalue weighted by Crippen LogP contribution is -2.75. The van der Waals surface area contributed by atoms with Crippen LogP contribution in [0, 0.1) is 5.92 Å². The molecule has 12 rings (SSSR count). The van der Waals surface area contributed by atoms with E-state index < -0.39 is 34.2 Å². The fraction of sp³-hybridized carbons (Fsp3) is 0.579. The molecular formula is C38H41N3O6. The number of ether oxygens (including phenoxy) is 2. The van der Waals surface area contributed by atoms with Crippen molar-refractivity contribution in [2.24, 2.45) is 5.92 Å². The predicted octanol–water partition coefficient (Wildman–Crippen LogP) is 3.43. The number of nitrogens with one attached hydrogen (secondary N) is 1. The Bertz CT molecular complexity index is 1970. The van der Waals surface area contributed by atoms with Crippen LogP contribution >= 0.6 is 0 Å². The quantitative estimate of drug-likeness (QED) is 0.297. The summed E-state index contributed by atoms with van der Waals surface area (Å²) in [4.78, 5) is 8.88. The molecule has 1 aromatic heterocycles. The van der Waals surface area contributed by atoms with Gasteiger partial charge in [-0.1, -0.05) is 19.1 Å². The Kier molecular flexibility index (Phi) is 4.52. The van der Waals surface area contributed by atoms with Crippen LogP contribution in [0.15, 0.2) is 24.3 Å². The molecule has 4 aliphatic heterocycles. The van der Waals surface area contributed by atoms with E-state index in [1.807, 2.05) is 6.07 Å². The minimum absolute atomic E-state index is 0.0567. The van der Waals surface area contributed by atoms with Gasteiger partial charge < -0.3 is 34.9 Å². The zero-order valence-electron chi connectivity index (χ0n) is 26.7. The molecule has 2 spiro atoms. The zero-order chi connectivity index (χ0) is 31.4. The molecule has 5 heterocycles. The van der Waals surface area contributed by atoms with Crippen LogP contribution in [0.1, 0.15) is 89.6 Å². The highest BCUT2D eigenvalue weighted by Gasteiger charge is 2.76. The average molecular weight is 636 g/mol. The summed E-state index contributed by atoms with van der Waals surface area (Å²) in [5.74, 6) is 2.02. The van der Waals surface area contributed by atoms with E-state index in [1.165, 1.54) is 18.4 Å². The van der Waals surface area contributed by atoms with Crippen LogP contribution in [-0.2, 0) is 36.5 Å². The molecule has 4 bridgehead atoms. The van der Waals surface area contributed by atoms with E-state index in [4.69, 9.17) is 9.47 Å². The average Bonchev–Trinajstić information content (AvgIpc) is 3.54. The molecule has 1 saturated carbocycles. The van der Waals surface area contributed by atoms with Gasteiger partial charge in [-0.15, -0.1) is 0 Å². The highest BCUT2D eigenvalue weighted by molar-refractivity contribution is 5.68. The number of aliphatic hydroxyl groups is 2. The van der Waals surface area contributed by atoms with E-state index in [9.17, 15) is 20.4 Å². The van der Waals surface area contributed by atoms with E-state index in [0.717, 1.165) is 84.6 Å². The van der Waals surface area contributed by atoms with Gasteiger partial charge in [-0.25, -0.2) is 0 Å². The Morgan fingerprint density at radius 2 is 1.28 bits per heavy atom. The normalized spacial score (nSPS) is 41.0. The van der Waals surface area contributed by atoms with Crippen molar-refractivity contribution < 1.29 is 29.9 Å². The lowest BCUT2D eigenvalue weighted by atomic mass is 9.47. The molecular weight excluding hydrogens is 594 g/mol. The lowest BCUT2D eigenvalue weighted by molar-refractivity contribution is -0.175. The molecule has 244 valence electrons. The van der Waals surface area contributed by atoms with Crippen molar-refractivity contribution in [2.45, 2.75) is 105 Å². The summed E-state index contributed by atoms with van der Waals surface area (Å²) in [6, 6.07) is 7.46. The number of piperidine rings is 2. The largest absolute Gasteiger partial charge is 0.504 e. The summed E-state index contributed by atoms with van der Waals surface area (Å²) in [5, 5.41) is 49.0. The summed E-state index contributed by atoms with van der Waals surface area (Å²) >= 11 is 0. The first-order chi connectivity index (χ1) is 22.7. The SMILES string of the molecule is CCN1CC[C@]23c4c5ccc(O)c4O[C@H]2c2[nH]c4c(c2C[C@@]3(O)[C@H]1C5)C[C@@]1(O)[C@@H]2Cc3ccc(O)c5c3[C@@]1(CCN2CC1CC1)[C@H]4O5. The number of nitrogens with zero attached hydrogens (tertiary/aromatic N) is 2. The molecule has 9 nitrogen and oxygen atoms in total. The molecule has 5 aliphatic carbocycles. The molecule has 0 amide bonds. The Hall–Kier alpha value is -3.24. The van der Waals surface area contributed by atoms with Crippen LogP contribution in [0.25, 0.3) is 0 Å². The Morgan fingerprint density at radius 3 is 1.79 bits per heavy atom. The second kappa shape index (κ2) is 7.96. The molecule has 9 heteroatoms. The third kappa shape index (κ3) is 2.65. The number of fused-ring (bicyclic) bond motifs is 5. The number of aromatic amines is 1. The molecule has 5 N–H and O–H groups in total. The number of aromatic nitrogens is 1. The van der Waals surface area contributed by atoms with Crippen molar-refractivity contribution in [3.8, 4) is 23.0 Å². The number of hydrogen-bond acceptors (Lipinski definition) is 8. The number of rotatable bonds is 3. The van der Waals surface area contributed by atoms with Crippen molar-refractivity contribution in [3.63, 3.8) is 0 Å². The van der Waals surface area contributed by atoms with E-state index in [0.29, 0.717) is 36.7 Å². The maximum atomic E-state index is 13.4. The first kappa shape index (κ1) is 26.7. The van der Waals surface area contributed by atoms with E-state index >= 15 is 0 Å². The molecule has 2 saturated heterocycles. The summed E-state index contributed by atoms with van der Waals surface area (Å²) in [6.45, 7) is 5.81. The van der Waals surface area contributed by atoms with Gasteiger partial charge >= 0.3 is 0 Å². The molecule has 9 aliphatic rings. The smallest absolute Gasteiger partial charge is 0.166 e. The number of phenols is 2. The molecule has 3 fully saturated rings. The van der Waals surface area contributed by atoms with Crippen LogP contribution in [0.5, 0.6) is 23.0 Å². The molecule has 8 atom stereocenters. The van der Waals surface area contributed by atoms with Crippen LogP contribution in [0.4, 0.5) is 0 Å². The van der Waals surface area contributed by atoms with Crippen LogP contribution < -0.4 is 9.47 Å². The third-order valence-electron chi connectivity index (χ3n) is 14.9. The van der Waals surface area contributed by atoms with Crippen molar-refractivity contribution >= 4 is 0 Å². The van der Waals surface area contributed by atoms with Gasteiger partial charge in [0.2, 0.25) is 0 Å². The predicted molar refractivity (Wildman–Crippen MR) is 170 cm³/mol. The zero-order valence-corrected chi connectivity index (χ0v) is 26.7. The number of benzene rings is 2. The Balaban J connectivity index is 1.10. The van der Waals surface area contributed by atoms with Gasteiger partial charge in [0.15, 0.2) is 35.2 Å². The second-order valence-corrected chi connectivity index (χ2v) is 16.5. The molecule has 47 heavy (non-hydrogen) atoms. The van der Waals surface area contributed by atoms with Gasteiger partial charge in [-0.3, -0.25) is 9.80 Å². The third-order valence-corrected chi connectivity index (χ3v) is 14.9. The summed E-state index contributed by atoms with van der Waals surface area (Å²) in [6.07, 6.45) is 5.42. The van der Waals surface area contributed by atoms with Crippen molar-refractivity contribution in [1.29, 1.82) is 0 Å². The number of phenolic OH excluding ortho intramolecular Hbond substituents is 2. The first-order valence-corrected chi connectivity index (χ1v) is 17.9. The number of aromatic hydroxyl groups is 2. The highest BCUT2D eigenvalue weighted by atomic mass is 16.5. The fourth-order valence-electron chi connectivity index (χ4n) is 12.9. The molecule has 2 aromatic carbocycles. The Morgan fingerprint density at radius 1 is 0.766 bits per heavy atom. The van der Waals surface area contributed by atoms with Gasteiger partial charge in [0.05, 0.1) is 33.4 Å². The maximum absolute atomic E-state index is 13.4. The summed E-state index contributed by atoms with van der Waals surface area (Å²) < 4.78 is 13.8. The number of H-pyrrole nitrogens is 1. The van der Waals surface area contributed by atoms with Gasteiger partial charge in [-0.2, -0.15) is 0 Å². The van der Waals surface area contributed by atoms with Crippen LogP contribution in [0.3, 0.4) is 0 Å². The molecule has 3 aromatic rings. The van der Waals surface area contributed by atoms with Crippen LogP contribution in [0.2, 0.25) is 0 Å².